The third-order valence-electron chi connectivity index (χ3n) is 1.48. The third kappa shape index (κ3) is 2.84. The predicted molar refractivity (Wildman–Crippen MR) is 39.1 cm³/mol. The van der Waals surface area contributed by atoms with Crippen LogP contribution in [0.2, 0.25) is 0 Å². The Morgan fingerprint density at radius 2 is 1.75 bits per heavy atom. The van der Waals surface area contributed by atoms with E-state index in [1.165, 1.54) is 0 Å². The first-order valence-electron chi connectivity index (χ1n) is 3.40. The van der Waals surface area contributed by atoms with Crippen molar-refractivity contribution < 1.29 is 25.2 Å². The maximum absolute atomic E-state index is 10.0. The van der Waals surface area contributed by atoms with Crippen molar-refractivity contribution >= 4 is 6.29 Å². The van der Waals surface area contributed by atoms with Gasteiger partial charge in [-0.1, -0.05) is 0 Å². The number of hydrogen-bond donors (Lipinski definition) is 5. The van der Waals surface area contributed by atoms with E-state index in [4.69, 9.17) is 26.2 Å². The molecule has 6 nitrogen and oxygen atoms in total. The predicted octanol–water partition coefficient (Wildman–Crippen LogP) is -3.41. The van der Waals surface area contributed by atoms with E-state index in [1.54, 1.807) is 0 Å². The molecule has 0 saturated heterocycles. The first-order chi connectivity index (χ1) is 5.54. The molecule has 0 aliphatic carbocycles. The highest BCUT2D eigenvalue weighted by Gasteiger charge is 2.28. The zero-order chi connectivity index (χ0) is 9.72. The zero-order valence-electron chi connectivity index (χ0n) is 6.37. The monoisotopic (exact) mass is 181 g/mol. The number of aliphatic hydroxyl groups is 4. The van der Waals surface area contributed by atoms with Gasteiger partial charge in [-0.3, -0.25) is 0 Å². The molecular formula is C6H13NO5. The van der Waals surface area contributed by atoms with Gasteiger partial charge in [-0.2, -0.15) is 0 Å². The number of nitrogens with two attached hydrogens (primary N) is 1. The molecule has 0 bridgehead atoms. The minimum absolute atomic E-state index is 0.248. The maximum Gasteiger partial charge on any atom is 0.139 e. The van der Waals surface area contributed by atoms with Crippen molar-refractivity contribution in [3.8, 4) is 0 Å². The number of rotatable bonds is 5. The van der Waals surface area contributed by atoms with Crippen LogP contribution in [0.5, 0.6) is 0 Å². The molecule has 0 saturated carbocycles. The van der Waals surface area contributed by atoms with E-state index >= 15 is 0 Å². The van der Waals surface area contributed by atoms with E-state index in [9.17, 15) is 4.79 Å². The van der Waals surface area contributed by atoms with Crippen LogP contribution in [0.4, 0.5) is 0 Å². The van der Waals surface area contributed by atoms with Crippen LogP contribution in [-0.4, -0.2) is 57.7 Å². The molecule has 0 spiro atoms. The van der Waals surface area contributed by atoms with Crippen molar-refractivity contribution in [1.29, 1.82) is 0 Å². The normalized spacial score (nSPS) is 21.1. The molecule has 0 unspecified atom stereocenters. The highest BCUT2D eigenvalue weighted by atomic mass is 16.4. The molecule has 0 heterocycles. The van der Waals surface area contributed by atoms with Gasteiger partial charge in [0.2, 0.25) is 0 Å². The lowest BCUT2D eigenvalue weighted by atomic mass is 10.1. The van der Waals surface area contributed by atoms with Gasteiger partial charge in [-0.15, -0.1) is 0 Å². The van der Waals surface area contributed by atoms with E-state index < -0.39 is 31.0 Å². The van der Waals surface area contributed by atoms with Crippen molar-refractivity contribution in [1.82, 2.24) is 0 Å². The fourth-order valence-corrected chi connectivity index (χ4v) is 0.644. The largest absolute Gasteiger partial charge is 0.394 e. The van der Waals surface area contributed by atoms with Crippen LogP contribution in [0.1, 0.15) is 0 Å². The molecule has 6 heteroatoms. The number of carbonyl (C=O) groups excluding carboxylic acids is 1. The molecule has 6 N–H and O–H groups in total. The fourth-order valence-electron chi connectivity index (χ4n) is 0.644. The van der Waals surface area contributed by atoms with Crippen LogP contribution >= 0.6 is 0 Å². The van der Waals surface area contributed by atoms with Crippen molar-refractivity contribution in [2.45, 2.75) is 24.4 Å². The summed E-state index contributed by atoms with van der Waals surface area (Å²) < 4.78 is 0. The molecule has 0 amide bonds. The molecule has 0 radical (unpaired) electrons. The molecule has 72 valence electrons. The van der Waals surface area contributed by atoms with E-state index in [2.05, 4.69) is 0 Å². The Bertz CT molecular complexity index is 142. The topological polar surface area (TPSA) is 124 Å². The molecule has 0 aliphatic rings. The molecule has 12 heavy (non-hydrogen) atoms. The Hall–Kier alpha value is -0.530. The summed E-state index contributed by atoms with van der Waals surface area (Å²) in [6, 6.07) is -1.26. The molecular weight excluding hydrogens is 168 g/mol. The van der Waals surface area contributed by atoms with Gasteiger partial charge in [0, 0.05) is 0 Å². The summed E-state index contributed by atoms with van der Waals surface area (Å²) in [6.07, 6.45) is -4.43. The summed E-state index contributed by atoms with van der Waals surface area (Å²) in [6.45, 7) is -0.705. The van der Waals surface area contributed by atoms with Crippen LogP contribution < -0.4 is 5.73 Å². The summed E-state index contributed by atoms with van der Waals surface area (Å²) in [4.78, 5) is 10.0. The number of aldehydes is 1. The summed E-state index contributed by atoms with van der Waals surface area (Å²) >= 11 is 0. The van der Waals surface area contributed by atoms with Crippen LogP contribution in [0, 0.1) is 0 Å². The molecule has 0 aliphatic heterocycles. The molecule has 0 aromatic carbocycles. The first-order valence-corrected chi connectivity index (χ1v) is 3.40. The van der Waals surface area contributed by atoms with E-state index in [-0.39, 0.29) is 6.29 Å². The summed E-state index contributed by atoms with van der Waals surface area (Å²) in [5.41, 5.74) is 5.04. The summed E-state index contributed by atoms with van der Waals surface area (Å²) in [5, 5.41) is 35.2. The van der Waals surface area contributed by atoms with E-state index in [0.717, 1.165) is 0 Å². The highest BCUT2D eigenvalue weighted by Crippen LogP contribution is 2.01. The van der Waals surface area contributed by atoms with Crippen molar-refractivity contribution in [3.05, 3.63) is 0 Å². The van der Waals surface area contributed by atoms with Gasteiger partial charge in [0.15, 0.2) is 0 Å². The quantitative estimate of drug-likeness (QED) is 0.281. The van der Waals surface area contributed by atoms with Gasteiger partial charge in [-0.05, 0) is 0 Å². The number of hydrogen-bond acceptors (Lipinski definition) is 6. The SMILES string of the molecule is N[C@@H]([14CH]=O)[C@@H](O)[C@@H](O)[C@H](O)CO. The highest BCUT2D eigenvalue weighted by molar-refractivity contribution is 5.58. The third-order valence-corrected chi connectivity index (χ3v) is 1.48. The lowest BCUT2D eigenvalue weighted by Gasteiger charge is -2.23. The Morgan fingerprint density at radius 1 is 1.25 bits per heavy atom. The van der Waals surface area contributed by atoms with Gasteiger partial charge < -0.3 is 31.0 Å². The Kier molecular flexibility index (Phi) is 4.95. The number of carbonyl (C=O) groups is 1. The second kappa shape index (κ2) is 5.18. The van der Waals surface area contributed by atoms with E-state index in [0.29, 0.717) is 0 Å². The van der Waals surface area contributed by atoms with Crippen LogP contribution in [-0.2, 0) is 4.79 Å². The molecule has 0 fully saturated rings. The minimum atomic E-state index is -1.62. The fraction of sp³-hybridized carbons (Fsp3) is 0.833. The standard InChI is InChI=1S/C6H13NO5/c7-3(1-8)5(11)6(12)4(10)2-9/h1,3-6,9-12H,2,7H2/t3-,4+,5+,6-/m0/s1/i1+2. The summed E-state index contributed by atoms with van der Waals surface area (Å²) in [7, 11) is 0. The van der Waals surface area contributed by atoms with Crippen LogP contribution in [0.3, 0.4) is 0 Å². The first kappa shape index (κ1) is 11.5. The van der Waals surface area contributed by atoms with Crippen LogP contribution in [0.25, 0.3) is 0 Å². The maximum atomic E-state index is 10.0. The van der Waals surface area contributed by atoms with Gasteiger partial charge in [0.25, 0.3) is 0 Å². The van der Waals surface area contributed by atoms with E-state index in [1.807, 2.05) is 0 Å². The molecule has 0 rings (SSSR count). The lowest BCUT2D eigenvalue weighted by molar-refractivity contribution is -0.118. The molecule has 0 aromatic rings. The van der Waals surface area contributed by atoms with Gasteiger partial charge in [0.1, 0.15) is 24.6 Å². The van der Waals surface area contributed by atoms with Gasteiger partial charge in [-0.25, -0.2) is 0 Å². The van der Waals surface area contributed by atoms with Crippen molar-refractivity contribution in [2.24, 2.45) is 5.73 Å². The Labute approximate surface area is 69.2 Å². The number of aliphatic hydroxyl groups excluding tert-OH is 4. The van der Waals surface area contributed by atoms with Crippen molar-refractivity contribution in [3.63, 3.8) is 0 Å². The smallest absolute Gasteiger partial charge is 0.139 e. The second-order valence-corrected chi connectivity index (χ2v) is 2.44. The Morgan fingerprint density at radius 3 is 2.08 bits per heavy atom. The van der Waals surface area contributed by atoms with Crippen molar-refractivity contribution in [2.75, 3.05) is 6.61 Å². The summed E-state index contributed by atoms with van der Waals surface area (Å²) in [5.74, 6) is 0. The lowest BCUT2D eigenvalue weighted by Crippen LogP contribution is -2.49. The second-order valence-electron chi connectivity index (χ2n) is 2.44. The van der Waals surface area contributed by atoms with Crippen LogP contribution in [0.15, 0.2) is 0 Å². The zero-order valence-corrected chi connectivity index (χ0v) is 6.37. The molecule has 4 atom stereocenters. The average molecular weight is 181 g/mol. The van der Waals surface area contributed by atoms with Gasteiger partial charge >= 0.3 is 0 Å². The minimum Gasteiger partial charge on any atom is -0.394 e. The molecule has 0 aromatic heterocycles. The Balaban J connectivity index is 4.07. The van der Waals surface area contributed by atoms with Gasteiger partial charge in [0.05, 0.1) is 12.6 Å². The average Bonchev–Trinajstić information content (AvgIpc) is 2.12.